The van der Waals surface area contributed by atoms with Gasteiger partial charge in [0.25, 0.3) is 0 Å². The maximum absolute atomic E-state index is 10.0. The average Bonchev–Trinajstić information content (AvgIpc) is 3.63. The molecule has 0 radical (unpaired) electrons. The minimum absolute atomic E-state index is 0. The molecule has 46 heavy (non-hydrogen) atoms. The number of fused-ring (bicyclic) bond motifs is 6. The van der Waals surface area contributed by atoms with E-state index in [4.69, 9.17) is 10.2 Å². The van der Waals surface area contributed by atoms with E-state index in [0.29, 0.717) is 0 Å². The van der Waals surface area contributed by atoms with Gasteiger partial charge in [0.15, 0.2) is 0 Å². The minimum atomic E-state index is -1.98. The zero-order valence-corrected chi connectivity index (χ0v) is 34.2. The van der Waals surface area contributed by atoms with Gasteiger partial charge in [0.2, 0.25) is 0 Å². The van der Waals surface area contributed by atoms with Crippen LogP contribution in [0, 0.1) is 38.5 Å². The molecule has 6 aromatic rings. The molecule has 0 unspecified atom stereocenters. The van der Waals surface area contributed by atoms with Gasteiger partial charge in [-0.15, -0.1) is 43.4 Å². The fourth-order valence-corrected chi connectivity index (χ4v) is 12.9. The van der Waals surface area contributed by atoms with Gasteiger partial charge in [0.05, 0.1) is 10.8 Å². The van der Waals surface area contributed by atoms with E-state index in [1.54, 1.807) is 62.7 Å². The molecule has 2 aromatic heterocycles. The second kappa shape index (κ2) is 13.6. The van der Waals surface area contributed by atoms with Crippen molar-refractivity contribution in [3.8, 4) is 0 Å². The van der Waals surface area contributed by atoms with Crippen LogP contribution >= 0.6 is 22.7 Å². The van der Waals surface area contributed by atoms with Gasteiger partial charge in [-0.25, -0.2) is 22.7 Å². The van der Waals surface area contributed by atoms with E-state index in [9.17, 15) is 9.59 Å². The number of aliphatic carboxylic acids is 2. The fourth-order valence-electron chi connectivity index (χ4n) is 5.89. The Balaban J connectivity index is 0.000000325. The molecule has 0 fully saturated rings. The third kappa shape index (κ3) is 6.92. The summed E-state index contributed by atoms with van der Waals surface area (Å²) in [5.41, 5.74) is 4.85. The van der Waals surface area contributed by atoms with Crippen molar-refractivity contribution in [3.05, 3.63) is 70.8 Å². The Bertz CT molecular complexity index is 1910. The first-order valence-electron chi connectivity index (χ1n) is 15.3. The zero-order valence-electron chi connectivity index (χ0n) is 29.1. The molecule has 0 amide bonds. The molecule has 0 aliphatic rings. The summed E-state index contributed by atoms with van der Waals surface area (Å²) in [5.74, 6) is -1.51. The summed E-state index contributed by atoms with van der Waals surface area (Å²) in [5, 5.41) is 25.8. The van der Waals surface area contributed by atoms with Crippen LogP contribution in [0.1, 0.15) is 63.8 Å². The molecular weight excluding hydrogens is 704 g/mol. The summed E-state index contributed by atoms with van der Waals surface area (Å²) >= 11 is 3.95. The number of rotatable bonds is 2. The molecule has 242 valence electrons. The standard InChI is InChI=1S/C28H26S2Si.2C5H10O2.Zr/c1-15-17(3)27(23-19-11-7-9-13-21(19)29-25(15)23)31(5,6)28-18(4)16(2)26-24(28)20-12-8-10-14-22(20)30-26;2*1-5(2,3)4(6)7;/h7-14H,1-6H3;2*1-3H3,(H,6,7);/q-2;;;+2. The number of carboxylic acid groups (broad SMARTS) is 2. The van der Waals surface area contributed by atoms with Crippen molar-refractivity contribution in [2.45, 2.75) is 82.3 Å². The second-order valence-electron chi connectivity index (χ2n) is 14.6. The molecule has 0 aliphatic carbocycles. The van der Waals surface area contributed by atoms with Gasteiger partial charge in [0.1, 0.15) is 0 Å². The maximum atomic E-state index is 10.0. The van der Waals surface area contributed by atoms with E-state index in [-0.39, 0.29) is 26.2 Å². The molecule has 6 rings (SSSR count). The topological polar surface area (TPSA) is 74.6 Å². The molecule has 2 N–H and O–H groups in total. The van der Waals surface area contributed by atoms with Crippen molar-refractivity contribution in [2.24, 2.45) is 10.8 Å². The van der Waals surface area contributed by atoms with Crippen molar-refractivity contribution >= 4 is 93.4 Å². The normalized spacial score (nSPS) is 12.1. The zero-order chi connectivity index (χ0) is 33.8. The summed E-state index contributed by atoms with van der Waals surface area (Å²) in [4.78, 5) is 20.0. The van der Waals surface area contributed by atoms with E-state index >= 15 is 0 Å². The molecule has 0 saturated heterocycles. The van der Waals surface area contributed by atoms with Gasteiger partial charge in [-0.1, -0.05) is 109 Å². The third-order valence-corrected chi connectivity index (χ3v) is 15.1. The Morgan fingerprint density at radius 3 is 1.20 bits per heavy atom. The molecule has 4 aromatic carbocycles. The van der Waals surface area contributed by atoms with Gasteiger partial charge in [-0.05, 0) is 50.9 Å². The predicted molar refractivity (Wildman–Crippen MR) is 200 cm³/mol. The summed E-state index contributed by atoms with van der Waals surface area (Å²) in [7, 11) is -1.98. The second-order valence-corrected chi connectivity index (χ2v) is 20.9. The summed E-state index contributed by atoms with van der Waals surface area (Å²) in [6.07, 6.45) is 0. The average molecular weight is 750 g/mol. The molecule has 8 heteroatoms. The number of benzene rings is 2. The van der Waals surface area contributed by atoms with Crippen LogP contribution in [-0.2, 0) is 35.8 Å². The van der Waals surface area contributed by atoms with Gasteiger partial charge in [-0.2, -0.15) is 0 Å². The maximum Gasteiger partial charge on any atom is 2.00 e. The fraction of sp³-hybridized carbons (Fsp3) is 0.368. The van der Waals surface area contributed by atoms with Gasteiger partial charge in [0, 0.05) is 8.07 Å². The predicted octanol–water partition coefficient (Wildman–Crippen LogP) is 10.1. The Kier molecular flexibility index (Phi) is 11.3. The van der Waals surface area contributed by atoms with Crippen molar-refractivity contribution in [3.63, 3.8) is 0 Å². The largest absolute Gasteiger partial charge is 2.00 e. The molecule has 4 nitrogen and oxygen atoms in total. The van der Waals surface area contributed by atoms with E-state index in [0.717, 1.165) is 0 Å². The molecule has 2 heterocycles. The monoisotopic (exact) mass is 748 g/mol. The van der Waals surface area contributed by atoms with E-state index in [2.05, 4.69) is 89.3 Å². The number of thiophene rings is 2. The molecule has 0 bridgehead atoms. The first-order valence-corrected chi connectivity index (χ1v) is 20.0. The van der Waals surface area contributed by atoms with Crippen LogP contribution in [0.4, 0.5) is 0 Å². The molecular formula is C38H46O4S2SiZr. The molecule has 0 spiro atoms. The number of carbonyl (C=O) groups is 2. The molecule has 0 atom stereocenters. The third-order valence-electron chi connectivity index (χ3n) is 8.78. The van der Waals surface area contributed by atoms with Crippen molar-refractivity contribution in [2.75, 3.05) is 0 Å². The quantitative estimate of drug-likeness (QED) is 0.137. The van der Waals surface area contributed by atoms with Gasteiger partial charge in [-0.3, -0.25) is 9.59 Å². The van der Waals surface area contributed by atoms with E-state index in [1.807, 2.05) is 22.7 Å². The van der Waals surface area contributed by atoms with Crippen LogP contribution in [0.15, 0.2) is 48.5 Å². The Hall–Kier alpha value is -2.38. The molecule has 0 aliphatic heterocycles. The van der Waals surface area contributed by atoms with E-state index < -0.39 is 30.8 Å². The van der Waals surface area contributed by atoms with Gasteiger partial charge >= 0.3 is 38.1 Å². The van der Waals surface area contributed by atoms with Gasteiger partial charge < -0.3 is 10.2 Å². The van der Waals surface area contributed by atoms with Crippen molar-refractivity contribution < 1.29 is 46.0 Å². The summed E-state index contributed by atoms with van der Waals surface area (Å²) in [6.45, 7) is 24.6. The van der Waals surface area contributed by atoms with Crippen LogP contribution in [0.5, 0.6) is 0 Å². The van der Waals surface area contributed by atoms with Crippen LogP contribution in [0.25, 0.3) is 40.3 Å². The number of aryl methyl sites for hydroxylation is 2. The Morgan fingerprint density at radius 2 is 0.913 bits per heavy atom. The van der Waals surface area contributed by atoms with Crippen molar-refractivity contribution in [1.29, 1.82) is 0 Å². The van der Waals surface area contributed by atoms with Crippen LogP contribution < -0.4 is 10.4 Å². The number of carboxylic acids is 2. The van der Waals surface area contributed by atoms with Crippen LogP contribution in [-0.4, -0.2) is 30.2 Å². The first kappa shape index (κ1) is 38.1. The first-order chi connectivity index (χ1) is 20.7. The number of hydrogen-bond donors (Lipinski definition) is 2. The Morgan fingerprint density at radius 1 is 0.630 bits per heavy atom. The number of hydrogen-bond acceptors (Lipinski definition) is 4. The van der Waals surface area contributed by atoms with Crippen LogP contribution in [0.2, 0.25) is 13.1 Å². The van der Waals surface area contributed by atoms with E-state index in [1.165, 1.54) is 51.8 Å². The van der Waals surface area contributed by atoms with Crippen LogP contribution in [0.3, 0.4) is 0 Å². The SMILES string of the molecule is CC(C)(C)C(=O)O.CC(C)(C)C(=O)O.Cc1c(C)[c-]([Si](C)(C)[c-]2c(C)c(C)c3sc4ccccc4c32)c2c1sc1ccccc12.[Zr+2]. The molecule has 0 saturated carbocycles. The summed E-state index contributed by atoms with van der Waals surface area (Å²) in [6, 6.07) is 18.0. The smallest absolute Gasteiger partial charge is 0.481 e. The Labute approximate surface area is 301 Å². The minimum Gasteiger partial charge on any atom is -0.481 e. The summed E-state index contributed by atoms with van der Waals surface area (Å²) < 4.78 is 5.84. The van der Waals surface area contributed by atoms with Crippen molar-refractivity contribution in [1.82, 2.24) is 0 Å².